The molecule has 1 atom stereocenters. The topological polar surface area (TPSA) is 84.3 Å². The average Bonchev–Trinajstić information content (AvgIpc) is 2.97. The van der Waals surface area contributed by atoms with Crippen LogP contribution in [0.2, 0.25) is 0 Å². The van der Waals surface area contributed by atoms with Gasteiger partial charge in [0, 0.05) is 13.2 Å². The van der Waals surface area contributed by atoms with E-state index >= 15 is 0 Å². The summed E-state index contributed by atoms with van der Waals surface area (Å²) in [5, 5.41) is 13.4. The van der Waals surface area contributed by atoms with Crippen LogP contribution in [0.1, 0.15) is 12.8 Å². The Balaban J connectivity index is 1.75. The molecule has 1 aliphatic rings. The molecule has 0 saturated carbocycles. The van der Waals surface area contributed by atoms with Crippen LogP contribution in [0.4, 0.5) is 5.82 Å². The molecular formula is C10H13N5O2. The molecule has 0 amide bonds. The molecule has 1 saturated heterocycles. The summed E-state index contributed by atoms with van der Waals surface area (Å²) in [4.78, 5) is 11.3. The van der Waals surface area contributed by atoms with Crippen molar-refractivity contribution in [3.63, 3.8) is 0 Å². The molecule has 2 aromatic rings. The molecular weight excluding hydrogens is 222 g/mol. The predicted octanol–water partition coefficient (Wildman–Crippen LogP) is 0.00850. The summed E-state index contributed by atoms with van der Waals surface area (Å²) in [5.41, 5.74) is 0.179. The maximum absolute atomic E-state index is 11.3. The molecule has 2 N–H and O–H groups in total. The van der Waals surface area contributed by atoms with Crippen molar-refractivity contribution < 1.29 is 4.74 Å². The molecule has 17 heavy (non-hydrogen) atoms. The third-order valence-electron chi connectivity index (χ3n) is 2.81. The Kier molecular flexibility index (Phi) is 2.52. The Bertz CT molecular complexity index is 569. The second kappa shape index (κ2) is 4.17. The molecule has 0 spiro atoms. The minimum absolute atomic E-state index is 0.244. The largest absolute Gasteiger partial charge is 0.376 e. The molecule has 3 heterocycles. The molecule has 7 heteroatoms. The fourth-order valence-electron chi connectivity index (χ4n) is 1.92. The molecule has 90 valence electrons. The standard InChI is InChI=1S/C10H13N5O2/c16-10-13-12-9-4-3-8(14-15(9)10)11-6-7-2-1-5-17-7/h3-4,7H,1-2,5-6H2,(H,11,14)(H,13,16). The lowest BCUT2D eigenvalue weighted by molar-refractivity contribution is 0.120. The zero-order chi connectivity index (χ0) is 11.7. The van der Waals surface area contributed by atoms with Gasteiger partial charge < -0.3 is 10.1 Å². The fourth-order valence-corrected chi connectivity index (χ4v) is 1.92. The molecule has 1 fully saturated rings. The van der Waals surface area contributed by atoms with Crippen molar-refractivity contribution in [2.24, 2.45) is 0 Å². The van der Waals surface area contributed by atoms with E-state index in [2.05, 4.69) is 20.6 Å². The van der Waals surface area contributed by atoms with Crippen LogP contribution in [-0.2, 0) is 4.74 Å². The molecule has 3 rings (SSSR count). The highest BCUT2D eigenvalue weighted by Crippen LogP contribution is 2.12. The Morgan fingerprint density at radius 3 is 3.35 bits per heavy atom. The summed E-state index contributed by atoms with van der Waals surface area (Å²) < 4.78 is 6.73. The summed E-state index contributed by atoms with van der Waals surface area (Å²) in [7, 11) is 0. The smallest absolute Gasteiger partial charge is 0.364 e. The van der Waals surface area contributed by atoms with Crippen LogP contribution in [0.5, 0.6) is 0 Å². The van der Waals surface area contributed by atoms with Crippen molar-refractivity contribution in [3.8, 4) is 0 Å². The van der Waals surface area contributed by atoms with E-state index < -0.39 is 0 Å². The SMILES string of the molecule is O=c1[nH]nc2ccc(NCC3CCCO3)nn12. The van der Waals surface area contributed by atoms with Gasteiger partial charge in [0.1, 0.15) is 5.82 Å². The first kappa shape index (κ1) is 10.3. The quantitative estimate of drug-likeness (QED) is 0.782. The summed E-state index contributed by atoms with van der Waals surface area (Å²) in [5.74, 6) is 0.650. The highest BCUT2D eigenvalue weighted by molar-refractivity contribution is 5.42. The van der Waals surface area contributed by atoms with Crippen molar-refractivity contribution in [1.82, 2.24) is 19.8 Å². The second-order valence-corrected chi connectivity index (χ2v) is 4.03. The number of aromatic nitrogens is 4. The van der Waals surface area contributed by atoms with Crippen molar-refractivity contribution >= 4 is 11.5 Å². The molecule has 2 aromatic heterocycles. The van der Waals surface area contributed by atoms with Crippen LogP contribution in [0.25, 0.3) is 5.65 Å². The molecule has 0 radical (unpaired) electrons. The minimum Gasteiger partial charge on any atom is -0.376 e. The van der Waals surface area contributed by atoms with Gasteiger partial charge in [-0.15, -0.1) is 5.10 Å². The molecule has 0 aromatic carbocycles. The number of hydrogen-bond donors (Lipinski definition) is 2. The lowest BCUT2D eigenvalue weighted by Crippen LogP contribution is -2.20. The van der Waals surface area contributed by atoms with Gasteiger partial charge in [0.25, 0.3) is 0 Å². The van der Waals surface area contributed by atoms with Gasteiger partial charge in [0.15, 0.2) is 5.65 Å². The lowest BCUT2D eigenvalue weighted by atomic mass is 10.2. The maximum atomic E-state index is 11.3. The summed E-state index contributed by atoms with van der Waals surface area (Å²) in [6.45, 7) is 1.55. The highest BCUT2D eigenvalue weighted by atomic mass is 16.5. The number of nitrogens with zero attached hydrogens (tertiary/aromatic N) is 3. The Labute approximate surface area is 96.8 Å². The molecule has 0 aliphatic carbocycles. The number of fused-ring (bicyclic) bond motifs is 1. The third kappa shape index (κ3) is 2.01. The number of hydrogen-bond acceptors (Lipinski definition) is 5. The zero-order valence-corrected chi connectivity index (χ0v) is 9.22. The van der Waals surface area contributed by atoms with Gasteiger partial charge in [-0.25, -0.2) is 9.89 Å². The second-order valence-electron chi connectivity index (χ2n) is 4.03. The summed E-state index contributed by atoms with van der Waals surface area (Å²) in [6, 6.07) is 3.54. The van der Waals surface area contributed by atoms with Gasteiger partial charge in [0.05, 0.1) is 6.10 Å². The Hall–Kier alpha value is -1.89. The summed E-state index contributed by atoms with van der Waals surface area (Å²) in [6.07, 6.45) is 2.43. The number of anilines is 1. The first-order valence-corrected chi connectivity index (χ1v) is 5.63. The van der Waals surface area contributed by atoms with E-state index in [0.717, 1.165) is 19.4 Å². The molecule has 1 aliphatic heterocycles. The first-order chi connectivity index (χ1) is 8.33. The highest BCUT2D eigenvalue weighted by Gasteiger charge is 2.15. The maximum Gasteiger partial charge on any atom is 0.364 e. The number of aromatic amines is 1. The monoisotopic (exact) mass is 235 g/mol. The third-order valence-corrected chi connectivity index (χ3v) is 2.81. The van der Waals surface area contributed by atoms with Crippen LogP contribution in [-0.4, -0.2) is 39.1 Å². The first-order valence-electron chi connectivity index (χ1n) is 5.63. The predicted molar refractivity (Wildman–Crippen MR) is 61.1 cm³/mol. The van der Waals surface area contributed by atoms with E-state index in [1.165, 1.54) is 4.52 Å². The van der Waals surface area contributed by atoms with Gasteiger partial charge in [-0.05, 0) is 25.0 Å². The van der Waals surface area contributed by atoms with E-state index in [-0.39, 0.29) is 11.8 Å². The van der Waals surface area contributed by atoms with Crippen LogP contribution >= 0.6 is 0 Å². The van der Waals surface area contributed by atoms with Gasteiger partial charge in [0.2, 0.25) is 0 Å². The van der Waals surface area contributed by atoms with E-state index in [4.69, 9.17) is 4.74 Å². The molecule has 1 unspecified atom stereocenters. The van der Waals surface area contributed by atoms with Crippen LogP contribution in [0.3, 0.4) is 0 Å². The molecule has 7 nitrogen and oxygen atoms in total. The van der Waals surface area contributed by atoms with Gasteiger partial charge in [-0.1, -0.05) is 0 Å². The van der Waals surface area contributed by atoms with Crippen molar-refractivity contribution in [2.75, 3.05) is 18.5 Å². The van der Waals surface area contributed by atoms with Crippen LogP contribution in [0, 0.1) is 0 Å². The van der Waals surface area contributed by atoms with E-state index in [0.29, 0.717) is 18.0 Å². The van der Waals surface area contributed by atoms with Crippen LogP contribution < -0.4 is 11.0 Å². The summed E-state index contributed by atoms with van der Waals surface area (Å²) >= 11 is 0. The van der Waals surface area contributed by atoms with Gasteiger partial charge in [-0.3, -0.25) is 0 Å². The van der Waals surface area contributed by atoms with Crippen molar-refractivity contribution in [3.05, 3.63) is 22.6 Å². The Morgan fingerprint density at radius 2 is 2.53 bits per heavy atom. The Morgan fingerprint density at radius 1 is 1.59 bits per heavy atom. The van der Waals surface area contributed by atoms with E-state index in [1.54, 1.807) is 12.1 Å². The molecule has 0 bridgehead atoms. The van der Waals surface area contributed by atoms with Crippen LogP contribution in [0.15, 0.2) is 16.9 Å². The van der Waals surface area contributed by atoms with E-state index in [9.17, 15) is 4.79 Å². The number of rotatable bonds is 3. The number of H-pyrrole nitrogens is 1. The van der Waals surface area contributed by atoms with Crippen molar-refractivity contribution in [2.45, 2.75) is 18.9 Å². The average molecular weight is 235 g/mol. The van der Waals surface area contributed by atoms with Gasteiger partial charge >= 0.3 is 5.69 Å². The lowest BCUT2D eigenvalue weighted by Gasteiger charge is -2.10. The van der Waals surface area contributed by atoms with Crippen molar-refractivity contribution in [1.29, 1.82) is 0 Å². The number of ether oxygens (including phenoxy) is 1. The van der Waals surface area contributed by atoms with Gasteiger partial charge in [-0.2, -0.15) is 9.61 Å². The minimum atomic E-state index is -0.333. The fraction of sp³-hybridized carbons (Fsp3) is 0.500. The zero-order valence-electron chi connectivity index (χ0n) is 9.22. The number of nitrogens with one attached hydrogen (secondary N) is 2. The van der Waals surface area contributed by atoms with E-state index in [1.807, 2.05) is 0 Å². The normalized spacial score (nSPS) is 19.9.